The molecule has 232 valence electrons. The van der Waals surface area contributed by atoms with E-state index >= 15 is 0 Å². The highest BCUT2D eigenvalue weighted by molar-refractivity contribution is 5.89. The molecule has 3 saturated carbocycles. The number of hydrogen-bond donors (Lipinski definition) is 7. The van der Waals surface area contributed by atoms with Gasteiger partial charge in [-0.2, -0.15) is 0 Å². The van der Waals surface area contributed by atoms with Crippen LogP contribution in [0.4, 0.5) is 0 Å². The number of esters is 1. The molecule has 0 spiro atoms. The van der Waals surface area contributed by atoms with E-state index in [1.165, 1.54) is 0 Å². The second kappa shape index (κ2) is 10.8. The monoisotopic (exact) mass is 598 g/mol. The topological polar surface area (TPSA) is 239 Å². The van der Waals surface area contributed by atoms with Gasteiger partial charge in [0.2, 0.25) is 0 Å². The zero-order valence-electron chi connectivity index (χ0n) is 22.6. The first-order valence-corrected chi connectivity index (χ1v) is 13.5. The fourth-order valence-corrected chi connectivity index (χ4v) is 7.09. The van der Waals surface area contributed by atoms with Crippen LogP contribution in [0.25, 0.3) is 0 Å². The maximum atomic E-state index is 12.7. The largest absolute Gasteiger partial charge is 0.481 e. The normalized spacial score (nSPS) is 44.1. The zero-order valence-corrected chi connectivity index (χ0v) is 22.6. The number of carboxylic acids is 2. The Hall–Kier alpha value is -2.73. The first-order valence-electron chi connectivity index (χ1n) is 13.5. The van der Waals surface area contributed by atoms with E-state index in [1.54, 1.807) is 37.3 Å². The number of aliphatic carboxylic acids is 2. The van der Waals surface area contributed by atoms with Crippen molar-refractivity contribution in [1.29, 1.82) is 0 Å². The summed E-state index contributed by atoms with van der Waals surface area (Å²) >= 11 is 0. The van der Waals surface area contributed by atoms with E-state index in [1.807, 2.05) is 0 Å². The van der Waals surface area contributed by atoms with Crippen LogP contribution >= 0.6 is 0 Å². The van der Waals surface area contributed by atoms with Crippen molar-refractivity contribution in [2.75, 3.05) is 13.2 Å². The van der Waals surface area contributed by atoms with Gasteiger partial charge in [0.15, 0.2) is 18.4 Å². The van der Waals surface area contributed by atoms with Gasteiger partial charge in [0, 0.05) is 12.3 Å². The molecule has 8 rings (SSSR count). The van der Waals surface area contributed by atoms with Crippen LogP contribution in [-0.2, 0) is 33.3 Å². The Morgan fingerprint density at radius 3 is 2.21 bits per heavy atom. The summed E-state index contributed by atoms with van der Waals surface area (Å²) in [6.45, 7) is 0.985. The van der Waals surface area contributed by atoms with Gasteiger partial charge < -0.3 is 59.4 Å². The molecular weight excluding hydrogens is 564 g/mol. The third-order valence-electron chi connectivity index (χ3n) is 9.12. The predicted octanol–water partition coefficient (Wildman–Crippen LogP) is -1.42. The highest BCUT2D eigenvalue weighted by atomic mass is 16.8. The van der Waals surface area contributed by atoms with Crippen molar-refractivity contribution in [3.05, 3.63) is 35.9 Å². The lowest BCUT2D eigenvalue weighted by molar-refractivity contribution is -0.424. The summed E-state index contributed by atoms with van der Waals surface area (Å²) in [7, 11) is 0. The lowest BCUT2D eigenvalue weighted by Gasteiger charge is -2.67. The molecule has 6 bridgehead atoms. The number of benzene rings is 1. The van der Waals surface area contributed by atoms with Gasteiger partial charge in [-0.05, 0) is 25.5 Å². The highest BCUT2D eigenvalue weighted by Crippen LogP contribution is 2.81. The SMILES string of the molecule is C[C@]12C[C@]3(O)OC(O1)[C@@]1(COC(=O)c4ccccc4)C3C[C@@]12O[C@@H]1O[C@H](CO)[C@@H](O)[C@H](O)[C@H]1O.O=C(O)CCC(=O)O. The number of carbonyl (C=O) groups is 3. The van der Waals surface area contributed by atoms with Crippen LogP contribution in [0, 0.1) is 11.3 Å². The molecule has 4 aliphatic heterocycles. The smallest absolute Gasteiger partial charge is 0.338 e. The van der Waals surface area contributed by atoms with E-state index in [0.29, 0.717) is 5.56 Å². The molecule has 15 nitrogen and oxygen atoms in total. The Bertz CT molecular complexity index is 1200. The van der Waals surface area contributed by atoms with E-state index in [9.17, 15) is 39.9 Å². The molecule has 4 heterocycles. The summed E-state index contributed by atoms with van der Waals surface area (Å²) in [6.07, 6.45) is -8.47. The Labute approximate surface area is 239 Å². The van der Waals surface area contributed by atoms with Crippen LogP contribution in [0.15, 0.2) is 30.3 Å². The highest BCUT2D eigenvalue weighted by Gasteiger charge is 2.94. The first-order chi connectivity index (χ1) is 19.7. The second-order valence-corrected chi connectivity index (χ2v) is 11.5. The standard InChI is InChI=1S/C23H28O11.C4H6O4/c1-20-9-22(29)13-7-23(20,32-18-16(27)15(26)14(25)12(8-24)31-18)21(13,19(33-20)34-22)10-30-17(28)11-5-3-2-4-6-11;5-3(6)1-2-4(7)8/h2-6,12-16,18-19,24-27,29H,7-10H2,1H3;1-2H2,(H,5,6)(H,7,8)/t12-,13?,14-,15+,16-,18+,19?,20-,21-,22+,23+;/m1./s1. The van der Waals surface area contributed by atoms with Gasteiger partial charge in [-0.25, -0.2) is 4.79 Å². The first kappa shape index (κ1) is 30.7. The number of ether oxygens (including phenoxy) is 5. The molecule has 0 radical (unpaired) electrons. The summed E-state index contributed by atoms with van der Waals surface area (Å²) in [5, 5.41) is 67.5. The Kier molecular flexibility index (Phi) is 7.87. The van der Waals surface area contributed by atoms with Crippen LogP contribution in [0.5, 0.6) is 0 Å². The number of hydrogen-bond acceptors (Lipinski definition) is 13. The van der Waals surface area contributed by atoms with Crippen LogP contribution < -0.4 is 0 Å². The number of aliphatic hydroxyl groups excluding tert-OH is 4. The molecule has 7 fully saturated rings. The summed E-state index contributed by atoms with van der Waals surface area (Å²) in [4.78, 5) is 32.0. The van der Waals surface area contributed by atoms with Crippen molar-refractivity contribution in [2.24, 2.45) is 11.3 Å². The van der Waals surface area contributed by atoms with Crippen molar-refractivity contribution in [1.82, 2.24) is 0 Å². The van der Waals surface area contributed by atoms with Crippen molar-refractivity contribution in [3.63, 3.8) is 0 Å². The van der Waals surface area contributed by atoms with E-state index in [4.69, 9.17) is 33.9 Å². The van der Waals surface area contributed by atoms with Crippen molar-refractivity contribution < 1.29 is 73.8 Å². The number of carboxylic acid groups (broad SMARTS) is 2. The van der Waals surface area contributed by atoms with Gasteiger partial charge in [0.05, 0.1) is 30.4 Å². The quantitative estimate of drug-likeness (QED) is 0.161. The molecule has 3 aliphatic carbocycles. The van der Waals surface area contributed by atoms with Crippen molar-refractivity contribution in [2.45, 2.75) is 86.6 Å². The van der Waals surface area contributed by atoms with Gasteiger partial charge in [0.25, 0.3) is 0 Å². The molecule has 11 atom stereocenters. The van der Waals surface area contributed by atoms with E-state index in [0.717, 1.165) is 0 Å². The lowest BCUT2D eigenvalue weighted by Crippen LogP contribution is -2.80. The summed E-state index contributed by atoms with van der Waals surface area (Å²) in [5.41, 5.74) is -2.99. The average Bonchev–Trinajstić information content (AvgIpc) is 3.13. The number of aliphatic hydroxyl groups is 5. The van der Waals surface area contributed by atoms with E-state index in [-0.39, 0.29) is 32.3 Å². The number of carbonyl (C=O) groups excluding carboxylic acids is 1. The molecule has 0 aromatic heterocycles. The Morgan fingerprint density at radius 1 is 0.976 bits per heavy atom. The van der Waals surface area contributed by atoms with Crippen molar-refractivity contribution in [3.8, 4) is 0 Å². The third kappa shape index (κ3) is 4.51. The molecule has 0 amide bonds. The van der Waals surface area contributed by atoms with Gasteiger partial charge >= 0.3 is 17.9 Å². The van der Waals surface area contributed by atoms with Gasteiger partial charge in [-0.3, -0.25) is 9.59 Å². The summed E-state index contributed by atoms with van der Waals surface area (Å²) in [5.74, 6) is -4.65. The molecule has 15 heteroatoms. The zero-order chi connectivity index (χ0) is 30.7. The van der Waals surface area contributed by atoms with Crippen LogP contribution in [0.1, 0.15) is 43.0 Å². The van der Waals surface area contributed by atoms with E-state index in [2.05, 4.69) is 0 Å². The molecule has 7 aliphatic rings. The molecule has 42 heavy (non-hydrogen) atoms. The van der Waals surface area contributed by atoms with Crippen molar-refractivity contribution >= 4 is 17.9 Å². The summed E-state index contributed by atoms with van der Waals surface area (Å²) in [6, 6.07) is 8.47. The van der Waals surface area contributed by atoms with Crippen LogP contribution in [-0.4, -0.2) is 121 Å². The van der Waals surface area contributed by atoms with Crippen LogP contribution in [0.2, 0.25) is 0 Å². The lowest BCUT2D eigenvalue weighted by atomic mass is 9.41. The fraction of sp³-hybridized carbons (Fsp3) is 0.667. The second-order valence-electron chi connectivity index (χ2n) is 11.5. The Morgan fingerprint density at radius 2 is 1.62 bits per heavy atom. The predicted molar refractivity (Wildman–Crippen MR) is 133 cm³/mol. The molecule has 1 aromatic rings. The van der Waals surface area contributed by atoms with E-state index < -0.39 is 89.8 Å². The minimum atomic E-state index is -1.61. The summed E-state index contributed by atoms with van der Waals surface area (Å²) < 4.78 is 29.7. The maximum Gasteiger partial charge on any atom is 0.338 e. The number of rotatable bonds is 9. The molecule has 1 aromatic carbocycles. The maximum absolute atomic E-state index is 12.7. The van der Waals surface area contributed by atoms with Crippen LogP contribution in [0.3, 0.4) is 0 Å². The fourth-order valence-electron chi connectivity index (χ4n) is 7.09. The Balaban J connectivity index is 0.000000390. The molecular formula is C27H34O15. The van der Waals surface area contributed by atoms with Gasteiger partial charge in [0.1, 0.15) is 42.2 Å². The van der Waals surface area contributed by atoms with Gasteiger partial charge in [-0.15, -0.1) is 0 Å². The minimum Gasteiger partial charge on any atom is -0.481 e. The molecule has 4 saturated heterocycles. The molecule has 7 N–H and O–H groups in total. The minimum absolute atomic E-state index is 0.0902. The molecule has 2 unspecified atom stereocenters. The van der Waals surface area contributed by atoms with Gasteiger partial charge in [-0.1, -0.05) is 18.2 Å². The third-order valence-corrected chi connectivity index (χ3v) is 9.12. The average molecular weight is 599 g/mol.